The van der Waals surface area contributed by atoms with Gasteiger partial charge in [0.2, 0.25) is 0 Å². The highest BCUT2D eigenvalue weighted by molar-refractivity contribution is 6.31. The number of furan rings is 1. The van der Waals surface area contributed by atoms with Crippen molar-refractivity contribution >= 4 is 28.5 Å². The third kappa shape index (κ3) is 4.47. The number of carbonyl (C=O) groups excluding carboxylic acids is 1. The number of hydrogen-bond donors (Lipinski definition) is 1. The van der Waals surface area contributed by atoms with Crippen LogP contribution in [0.4, 0.5) is 0 Å². The van der Waals surface area contributed by atoms with Crippen molar-refractivity contribution in [1.29, 1.82) is 0 Å². The number of aromatic nitrogens is 2. The highest BCUT2D eigenvalue weighted by atomic mass is 35.5. The van der Waals surface area contributed by atoms with Crippen LogP contribution in [0.5, 0.6) is 0 Å². The second-order valence-corrected chi connectivity index (χ2v) is 7.75. The lowest BCUT2D eigenvalue weighted by Gasteiger charge is -2.26. The molecule has 1 saturated heterocycles. The van der Waals surface area contributed by atoms with E-state index in [1.807, 2.05) is 30.1 Å². The summed E-state index contributed by atoms with van der Waals surface area (Å²) in [5.41, 5.74) is 5.95. The first-order valence-electron chi connectivity index (χ1n) is 9.92. The number of carbonyl (C=O) groups is 1. The van der Waals surface area contributed by atoms with Gasteiger partial charge in [-0.15, -0.1) is 0 Å². The number of hydrazine groups is 1. The third-order valence-corrected chi connectivity index (χ3v) is 5.23. The van der Waals surface area contributed by atoms with Gasteiger partial charge in [-0.05, 0) is 37.6 Å². The number of amides is 1. The minimum absolute atomic E-state index is 0.215. The van der Waals surface area contributed by atoms with E-state index >= 15 is 0 Å². The van der Waals surface area contributed by atoms with Gasteiger partial charge in [0.1, 0.15) is 11.3 Å². The van der Waals surface area contributed by atoms with E-state index in [9.17, 15) is 4.79 Å². The SMILES string of the molecule is CCCc1cc2cc(Cl)cc(Cn3nc(C(=O)NN4CCOCC4)cc3C)c2o1. The molecule has 1 amide bonds. The summed E-state index contributed by atoms with van der Waals surface area (Å²) in [6, 6.07) is 7.66. The largest absolute Gasteiger partial charge is 0.461 e. The Hall–Kier alpha value is -2.35. The fourth-order valence-corrected chi connectivity index (χ4v) is 3.79. The predicted molar refractivity (Wildman–Crippen MR) is 111 cm³/mol. The highest BCUT2D eigenvalue weighted by Gasteiger charge is 2.18. The van der Waals surface area contributed by atoms with Crippen LogP contribution in [0.1, 0.15) is 40.9 Å². The molecule has 4 rings (SSSR count). The Bertz CT molecular complexity index is 1020. The van der Waals surface area contributed by atoms with Crippen LogP contribution in [0.25, 0.3) is 11.0 Å². The van der Waals surface area contributed by atoms with E-state index in [2.05, 4.69) is 17.4 Å². The Balaban J connectivity index is 1.56. The number of aryl methyl sites for hydroxylation is 2. The van der Waals surface area contributed by atoms with Crippen LogP contribution in [0.15, 0.2) is 28.7 Å². The van der Waals surface area contributed by atoms with Gasteiger partial charge in [-0.25, -0.2) is 5.01 Å². The average Bonchev–Trinajstić information content (AvgIpc) is 3.26. The Morgan fingerprint density at radius 3 is 2.79 bits per heavy atom. The molecule has 0 saturated carbocycles. The van der Waals surface area contributed by atoms with Crippen LogP contribution in [0, 0.1) is 6.92 Å². The van der Waals surface area contributed by atoms with E-state index < -0.39 is 0 Å². The van der Waals surface area contributed by atoms with Crippen LogP contribution in [0.2, 0.25) is 5.02 Å². The lowest BCUT2D eigenvalue weighted by Crippen LogP contribution is -2.48. The molecule has 0 unspecified atom stereocenters. The van der Waals surface area contributed by atoms with Gasteiger partial charge < -0.3 is 9.15 Å². The van der Waals surface area contributed by atoms with Crippen LogP contribution < -0.4 is 5.43 Å². The van der Waals surface area contributed by atoms with Gasteiger partial charge in [0.05, 0.1) is 19.8 Å². The summed E-state index contributed by atoms with van der Waals surface area (Å²) in [6.07, 6.45) is 1.90. The molecule has 1 aliphatic heterocycles. The molecule has 1 fully saturated rings. The minimum Gasteiger partial charge on any atom is -0.461 e. The molecule has 0 aliphatic carbocycles. The maximum Gasteiger partial charge on any atom is 0.286 e. The Labute approximate surface area is 174 Å². The molecule has 0 atom stereocenters. The Morgan fingerprint density at radius 1 is 1.24 bits per heavy atom. The molecule has 8 heteroatoms. The van der Waals surface area contributed by atoms with Crippen LogP contribution in [0.3, 0.4) is 0 Å². The summed E-state index contributed by atoms with van der Waals surface area (Å²) >= 11 is 6.33. The number of nitrogens with one attached hydrogen (secondary N) is 1. The first kappa shape index (κ1) is 19.9. The van der Waals surface area contributed by atoms with Crippen molar-refractivity contribution in [3.05, 3.63) is 52.0 Å². The van der Waals surface area contributed by atoms with Crippen molar-refractivity contribution in [1.82, 2.24) is 20.2 Å². The molecule has 0 bridgehead atoms. The molecule has 1 N–H and O–H groups in total. The normalized spacial score (nSPS) is 15.1. The van der Waals surface area contributed by atoms with Crippen molar-refractivity contribution < 1.29 is 13.9 Å². The predicted octanol–water partition coefficient (Wildman–Crippen LogP) is 3.57. The van der Waals surface area contributed by atoms with E-state index in [1.165, 1.54) is 0 Å². The Kier molecular flexibility index (Phi) is 5.89. The summed E-state index contributed by atoms with van der Waals surface area (Å²) in [6.45, 7) is 7.10. The molecule has 0 spiro atoms. The topological polar surface area (TPSA) is 72.5 Å². The number of benzene rings is 1. The van der Waals surface area contributed by atoms with Crippen molar-refractivity contribution in [2.24, 2.45) is 0 Å². The molecule has 1 aromatic carbocycles. The maximum atomic E-state index is 12.6. The number of rotatable bonds is 6. The molecule has 3 aromatic rings. The van der Waals surface area contributed by atoms with Gasteiger partial charge in [0, 0.05) is 41.2 Å². The van der Waals surface area contributed by atoms with Crippen LogP contribution in [-0.4, -0.2) is 47.0 Å². The zero-order chi connectivity index (χ0) is 20.4. The fourth-order valence-electron chi connectivity index (χ4n) is 3.54. The van der Waals surface area contributed by atoms with Gasteiger partial charge in [-0.3, -0.25) is 14.9 Å². The van der Waals surface area contributed by atoms with E-state index in [4.69, 9.17) is 20.8 Å². The lowest BCUT2D eigenvalue weighted by atomic mass is 10.1. The smallest absolute Gasteiger partial charge is 0.286 e. The molecular formula is C21H25ClN4O3. The van der Waals surface area contributed by atoms with Gasteiger partial charge >= 0.3 is 0 Å². The third-order valence-electron chi connectivity index (χ3n) is 5.01. The number of ether oxygens (including phenoxy) is 1. The molecule has 3 heterocycles. The van der Waals surface area contributed by atoms with E-state index in [0.717, 1.165) is 40.8 Å². The quantitative estimate of drug-likeness (QED) is 0.665. The summed E-state index contributed by atoms with van der Waals surface area (Å²) < 4.78 is 13.2. The molecule has 2 aromatic heterocycles. The molecular weight excluding hydrogens is 392 g/mol. The minimum atomic E-state index is -0.215. The van der Waals surface area contributed by atoms with Gasteiger partial charge in [-0.2, -0.15) is 5.10 Å². The van der Waals surface area contributed by atoms with Crippen molar-refractivity contribution in [3.63, 3.8) is 0 Å². The zero-order valence-electron chi connectivity index (χ0n) is 16.7. The summed E-state index contributed by atoms with van der Waals surface area (Å²) in [4.78, 5) is 12.6. The summed E-state index contributed by atoms with van der Waals surface area (Å²) in [7, 11) is 0. The van der Waals surface area contributed by atoms with Crippen molar-refractivity contribution in [2.75, 3.05) is 26.3 Å². The van der Waals surface area contributed by atoms with Crippen LogP contribution >= 0.6 is 11.6 Å². The summed E-state index contributed by atoms with van der Waals surface area (Å²) in [5, 5.41) is 8.02. The number of hydrogen-bond acceptors (Lipinski definition) is 5. The number of nitrogens with zero attached hydrogens (tertiary/aromatic N) is 3. The van der Waals surface area contributed by atoms with E-state index in [-0.39, 0.29) is 5.91 Å². The fraction of sp³-hybridized carbons (Fsp3) is 0.429. The average molecular weight is 417 g/mol. The first-order valence-corrected chi connectivity index (χ1v) is 10.3. The van der Waals surface area contributed by atoms with Crippen molar-refractivity contribution in [2.45, 2.75) is 33.2 Å². The van der Waals surface area contributed by atoms with E-state index in [1.54, 1.807) is 10.7 Å². The maximum absolute atomic E-state index is 12.6. The van der Waals surface area contributed by atoms with Gasteiger partial charge in [0.15, 0.2) is 5.69 Å². The van der Waals surface area contributed by atoms with Crippen molar-refractivity contribution in [3.8, 4) is 0 Å². The number of morpholine rings is 1. The standard InChI is InChI=1S/C21H25ClN4O3/c1-3-4-18-12-15-10-17(22)11-16(20(15)29-18)13-26-14(2)9-19(23-26)21(27)24-25-5-7-28-8-6-25/h9-12H,3-8,13H2,1-2H3,(H,24,27). The molecule has 154 valence electrons. The molecule has 29 heavy (non-hydrogen) atoms. The second-order valence-electron chi connectivity index (χ2n) is 7.31. The van der Waals surface area contributed by atoms with E-state index in [0.29, 0.717) is 43.6 Å². The summed E-state index contributed by atoms with van der Waals surface area (Å²) in [5.74, 6) is 0.738. The molecule has 0 radical (unpaired) electrons. The lowest BCUT2D eigenvalue weighted by molar-refractivity contribution is 0.0124. The number of halogens is 1. The van der Waals surface area contributed by atoms with Crippen LogP contribution in [-0.2, 0) is 17.7 Å². The zero-order valence-corrected chi connectivity index (χ0v) is 17.5. The highest BCUT2D eigenvalue weighted by Crippen LogP contribution is 2.28. The van der Waals surface area contributed by atoms with Gasteiger partial charge in [0.25, 0.3) is 5.91 Å². The monoisotopic (exact) mass is 416 g/mol. The second kappa shape index (κ2) is 8.57. The Morgan fingerprint density at radius 2 is 2.03 bits per heavy atom. The van der Waals surface area contributed by atoms with Gasteiger partial charge in [-0.1, -0.05) is 18.5 Å². The number of fused-ring (bicyclic) bond motifs is 1. The molecule has 1 aliphatic rings. The first-order chi connectivity index (χ1) is 14.0. The molecule has 7 nitrogen and oxygen atoms in total.